The van der Waals surface area contributed by atoms with Crippen LogP contribution >= 0.6 is 11.3 Å². The van der Waals surface area contributed by atoms with Crippen LogP contribution < -0.4 is 10.5 Å². The van der Waals surface area contributed by atoms with Crippen LogP contribution in [0.4, 0.5) is 4.79 Å². The van der Waals surface area contributed by atoms with Crippen molar-refractivity contribution in [2.75, 3.05) is 33.4 Å². The third kappa shape index (κ3) is 4.88. The third-order valence-corrected chi connectivity index (χ3v) is 6.67. The second-order valence-corrected chi connectivity index (χ2v) is 8.56. The molecule has 0 spiro atoms. The Hall–Kier alpha value is -3.31. The lowest BCUT2D eigenvalue weighted by atomic mass is 10.0. The number of amides is 4. The second kappa shape index (κ2) is 10.1. The number of likely N-dealkylation sites (tertiary alicyclic amines) is 1. The Labute approximate surface area is 194 Å². The molecule has 0 bridgehead atoms. The molecule has 5 rings (SSSR count). The third-order valence-electron chi connectivity index (χ3n) is 5.81. The van der Waals surface area contributed by atoms with Gasteiger partial charge in [0.15, 0.2) is 0 Å². The van der Waals surface area contributed by atoms with Gasteiger partial charge in [0, 0.05) is 43.0 Å². The topological polar surface area (TPSA) is 128 Å². The number of piperidine rings is 1. The van der Waals surface area contributed by atoms with Crippen LogP contribution in [0.3, 0.4) is 0 Å². The molecular weight excluding hydrogens is 446 g/mol. The van der Waals surface area contributed by atoms with Crippen molar-refractivity contribution in [2.24, 2.45) is 5.73 Å². The van der Waals surface area contributed by atoms with E-state index in [1.165, 1.54) is 27.5 Å². The molecule has 3 aliphatic rings. The van der Waals surface area contributed by atoms with Crippen molar-refractivity contribution in [1.29, 1.82) is 0 Å². The van der Waals surface area contributed by atoms with Gasteiger partial charge in [-0.15, -0.1) is 11.3 Å². The number of urea groups is 1. The fourth-order valence-corrected chi connectivity index (χ4v) is 4.92. The minimum atomic E-state index is -0.448. The number of imide groups is 1. The number of carbonyl (C=O) groups excluding carboxylic acids is 3. The number of primary amides is 1. The highest BCUT2D eigenvalue weighted by Crippen LogP contribution is 2.34. The molecule has 0 saturated carbocycles. The van der Waals surface area contributed by atoms with E-state index < -0.39 is 6.03 Å². The Morgan fingerprint density at radius 1 is 1.21 bits per heavy atom. The molecule has 1 saturated heterocycles. The Kier molecular flexibility index (Phi) is 6.99. The standard InChI is InChI=1S/C12H12N2O2S.C10H13N3O3/c1-15-12-10-11(17-7-14-10)9(6-13-12)8-2-4-16-5-3-8;11-10(16)12-5-3-7(4-6-12)13-8(14)1-2-9(13)15/h2,6-7H,3-5H2,1H3;1-2,7H,3-6H2,(H2,11,16). The number of nitrogens with two attached hydrogens (primary N) is 1. The lowest BCUT2D eigenvalue weighted by molar-refractivity contribution is -0.140. The first-order valence-electron chi connectivity index (χ1n) is 10.6. The van der Waals surface area contributed by atoms with Crippen LogP contribution in [0.15, 0.2) is 29.9 Å². The largest absolute Gasteiger partial charge is 0.479 e. The molecule has 0 atom stereocenters. The van der Waals surface area contributed by atoms with Gasteiger partial charge >= 0.3 is 6.03 Å². The Balaban J connectivity index is 0.000000157. The number of hydrogen-bond acceptors (Lipinski definition) is 8. The smallest absolute Gasteiger partial charge is 0.314 e. The molecule has 0 unspecified atom stereocenters. The number of methoxy groups -OCH3 is 1. The summed E-state index contributed by atoms with van der Waals surface area (Å²) in [6.07, 6.45) is 8.68. The molecule has 5 heterocycles. The lowest BCUT2D eigenvalue weighted by Crippen LogP contribution is -2.49. The van der Waals surface area contributed by atoms with Gasteiger partial charge in [0.1, 0.15) is 5.52 Å². The minimum Gasteiger partial charge on any atom is -0.479 e. The molecule has 4 amide bonds. The van der Waals surface area contributed by atoms with E-state index in [-0.39, 0.29) is 17.9 Å². The first-order chi connectivity index (χ1) is 16.0. The summed E-state index contributed by atoms with van der Waals surface area (Å²) in [5.41, 5.74) is 10.3. The van der Waals surface area contributed by atoms with Crippen LogP contribution in [0.2, 0.25) is 0 Å². The van der Waals surface area contributed by atoms with Crippen LogP contribution in [0.5, 0.6) is 5.88 Å². The van der Waals surface area contributed by atoms with Crippen molar-refractivity contribution < 1.29 is 23.9 Å². The van der Waals surface area contributed by atoms with E-state index in [0.29, 0.717) is 38.4 Å². The summed E-state index contributed by atoms with van der Waals surface area (Å²) < 4.78 is 11.7. The predicted octanol–water partition coefficient (Wildman–Crippen LogP) is 1.96. The Morgan fingerprint density at radius 2 is 1.94 bits per heavy atom. The van der Waals surface area contributed by atoms with E-state index in [1.54, 1.807) is 18.4 Å². The molecule has 1 fully saturated rings. The molecule has 0 aromatic carbocycles. The van der Waals surface area contributed by atoms with Crippen molar-refractivity contribution in [1.82, 2.24) is 19.8 Å². The van der Waals surface area contributed by atoms with Crippen LogP contribution in [-0.2, 0) is 14.3 Å². The van der Waals surface area contributed by atoms with Crippen molar-refractivity contribution in [3.63, 3.8) is 0 Å². The van der Waals surface area contributed by atoms with Crippen molar-refractivity contribution in [3.05, 3.63) is 35.5 Å². The zero-order valence-electron chi connectivity index (χ0n) is 18.2. The predicted molar refractivity (Wildman–Crippen MR) is 123 cm³/mol. The molecule has 2 aromatic rings. The highest BCUT2D eigenvalue weighted by atomic mass is 32.1. The highest BCUT2D eigenvalue weighted by molar-refractivity contribution is 7.17. The van der Waals surface area contributed by atoms with Gasteiger partial charge in [0.05, 0.1) is 30.5 Å². The van der Waals surface area contributed by atoms with Gasteiger partial charge in [0.25, 0.3) is 11.8 Å². The quantitative estimate of drug-likeness (QED) is 0.678. The summed E-state index contributed by atoms with van der Waals surface area (Å²) >= 11 is 1.62. The fraction of sp³-hybridized carbons (Fsp3) is 0.409. The number of nitrogens with zero attached hydrogens (tertiary/aromatic N) is 4. The molecule has 0 aliphatic carbocycles. The maximum absolute atomic E-state index is 11.4. The summed E-state index contributed by atoms with van der Waals surface area (Å²) in [6, 6.07) is -0.554. The first-order valence-corrected chi connectivity index (χ1v) is 11.5. The van der Waals surface area contributed by atoms with Gasteiger partial charge in [-0.05, 0) is 24.8 Å². The molecule has 0 radical (unpaired) electrons. The van der Waals surface area contributed by atoms with E-state index >= 15 is 0 Å². The van der Waals surface area contributed by atoms with Gasteiger partial charge in [-0.25, -0.2) is 14.8 Å². The fourth-order valence-electron chi connectivity index (χ4n) is 4.10. The highest BCUT2D eigenvalue weighted by Gasteiger charge is 2.33. The number of aromatic nitrogens is 2. The number of hydrogen-bond donors (Lipinski definition) is 1. The molecule has 3 aliphatic heterocycles. The molecule has 33 heavy (non-hydrogen) atoms. The van der Waals surface area contributed by atoms with Gasteiger partial charge < -0.3 is 20.1 Å². The van der Waals surface area contributed by atoms with E-state index in [4.69, 9.17) is 15.2 Å². The minimum absolute atomic E-state index is 0.106. The average molecular weight is 472 g/mol. The van der Waals surface area contributed by atoms with E-state index in [1.807, 2.05) is 11.7 Å². The zero-order valence-corrected chi connectivity index (χ0v) is 19.0. The maximum atomic E-state index is 11.4. The number of pyridine rings is 1. The number of carbonyl (C=O) groups is 3. The summed E-state index contributed by atoms with van der Waals surface area (Å²) in [5.74, 6) is 0.0720. The molecule has 2 aromatic heterocycles. The van der Waals surface area contributed by atoms with Gasteiger partial charge in [-0.1, -0.05) is 6.08 Å². The summed E-state index contributed by atoms with van der Waals surface area (Å²) in [4.78, 5) is 45.1. The van der Waals surface area contributed by atoms with Crippen LogP contribution in [-0.4, -0.2) is 77.1 Å². The van der Waals surface area contributed by atoms with Gasteiger partial charge in [-0.2, -0.15) is 0 Å². The molecule has 10 nitrogen and oxygen atoms in total. The van der Waals surface area contributed by atoms with Crippen molar-refractivity contribution >= 4 is 45.0 Å². The second-order valence-electron chi connectivity index (χ2n) is 7.70. The van der Waals surface area contributed by atoms with Crippen LogP contribution in [0, 0.1) is 0 Å². The van der Waals surface area contributed by atoms with Gasteiger partial charge in [0.2, 0.25) is 5.88 Å². The SMILES string of the molecule is COc1ncc(C2=CCOCC2)c2scnc12.NC(=O)N1CCC(N2C(=O)C=CC2=O)CC1. The van der Waals surface area contributed by atoms with E-state index in [2.05, 4.69) is 16.0 Å². The lowest BCUT2D eigenvalue weighted by Gasteiger charge is -2.34. The molecule has 2 N–H and O–H groups in total. The van der Waals surface area contributed by atoms with Crippen LogP contribution in [0.1, 0.15) is 24.8 Å². The number of rotatable bonds is 3. The first kappa shape index (κ1) is 22.9. The molecule has 11 heteroatoms. The average Bonchev–Trinajstić information content (AvgIpc) is 3.46. The normalized spacial score (nSPS) is 18.9. The van der Waals surface area contributed by atoms with Gasteiger partial charge in [-0.3, -0.25) is 14.5 Å². The summed E-state index contributed by atoms with van der Waals surface area (Å²) in [7, 11) is 1.62. The van der Waals surface area contributed by atoms with Crippen LogP contribution in [0.25, 0.3) is 15.8 Å². The zero-order chi connectivity index (χ0) is 23.4. The monoisotopic (exact) mass is 471 g/mol. The number of ether oxygens (including phenoxy) is 2. The number of fused-ring (bicyclic) bond motifs is 1. The Morgan fingerprint density at radius 3 is 2.55 bits per heavy atom. The van der Waals surface area contributed by atoms with Crippen molar-refractivity contribution in [3.8, 4) is 5.88 Å². The molecule has 174 valence electrons. The summed E-state index contributed by atoms with van der Waals surface area (Å²) in [6.45, 7) is 2.45. The van der Waals surface area contributed by atoms with E-state index in [0.717, 1.165) is 28.8 Å². The Bertz CT molecular complexity index is 1100. The van der Waals surface area contributed by atoms with Crippen molar-refractivity contribution in [2.45, 2.75) is 25.3 Å². The molecular formula is C22H25N5O5S. The number of thiazole rings is 1. The van der Waals surface area contributed by atoms with E-state index in [9.17, 15) is 14.4 Å². The maximum Gasteiger partial charge on any atom is 0.314 e. The summed E-state index contributed by atoms with van der Waals surface area (Å²) in [5, 5.41) is 0.